The fourth-order valence-corrected chi connectivity index (χ4v) is 1.62. The molecular formula is C14H21NO. The quantitative estimate of drug-likeness (QED) is 0.774. The number of benzene rings is 1. The van der Waals surface area contributed by atoms with Crippen LogP contribution in [0.5, 0.6) is 0 Å². The van der Waals surface area contributed by atoms with Crippen molar-refractivity contribution in [1.82, 2.24) is 0 Å². The second-order valence-corrected chi connectivity index (χ2v) is 4.58. The first kappa shape index (κ1) is 12.9. The molecule has 0 aliphatic rings. The summed E-state index contributed by atoms with van der Waals surface area (Å²) in [5.74, 6) is 0.223. The van der Waals surface area contributed by atoms with Crippen LogP contribution in [0.25, 0.3) is 0 Å². The molecule has 0 aliphatic heterocycles. The van der Waals surface area contributed by atoms with Crippen molar-refractivity contribution in [3.05, 3.63) is 35.4 Å². The zero-order chi connectivity index (χ0) is 12.1. The number of ketones is 1. The van der Waals surface area contributed by atoms with Crippen molar-refractivity contribution in [3.8, 4) is 0 Å². The minimum atomic E-state index is -0.392. The molecule has 0 saturated heterocycles. The van der Waals surface area contributed by atoms with Crippen LogP contribution in [0.4, 0.5) is 0 Å². The standard InChI is InChI=1S/C14H21NO/c1-4-5-11-6-8-12(9-7-11)14(16)13(15)10(2)3/h6-10,13H,4-5,15H2,1-3H3. The van der Waals surface area contributed by atoms with Gasteiger partial charge in [-0.25, -0.2) is 0 Å². The van der Waals surface area contributed by atoms with Crippen LogP contribution < -0.4 is 5.73 Å². The van der Waals surface area contributed by atoms with Crippen molar-refractivity contribution >= 4 is 5.78 Å². The SMILES string of the molecule is CCCc1ccc(C(=O)C(N)C(C)C)cc1. The summed E-state index contributed by atoms with van der Waals surface area (Å²) in [5, 5.41) is 0. The number of rotatable bonds is 5. The van der Waals surface area contributed by atoms with E-state index in [9.17, 15) is 4.79 Å². The Morgan fingerprint density at radius 2 is 1.81 bits per heavy atom. The van der Waals surface area contributed by atoms with E-state index < -0.39 is 6.04 Å². The summed E-state index contributed by atoms with van der Waals surface area (Å²) in [4.78, 5) is 11.9. The number of Topliss-reactive ketones (excluding diaryl/α,β-unsaturated/α-hetero) is 1. The molecule has 0 bridgehead atoms. The molecule has 2 heteroatoms. The Kier molecular flexibility index (Phi) is 4.69. The summed E-state index contributed by atoms with van der Waals surface area (Å²) >= 11 is 0. The Bertz CT molecular complexity index is 340. The minimum Gasteiger partial charge on any atom is -0.321 e. The highest BCUT2D eigenvalue weighted by molar-refractivity contribution is 6.00. The molecule has 0 aromatic heterocycles. The highest BCUT2D eigenvalue weighted by Gasteiger charge is 2.18. The van der Waals surface area contributed by atoms with Gasteiger partial charge >= 0.3 is 0 Å². The maximum atomic E-state index is 11.9. The average molecular weight is 219 g/mol. The van der Waals surface area contributed by atoms with Gasteiger partial charge in [-0.1, -0.05) is 51.5 Å². The van der Waals surface area contributed by atoms with Crippen molar-refractivity contribution < 1.29 is 4.79 Å². The minimum absolute atomic E-state index is 0.0399. The van der Waals surface area contributed by atoms with Crippen LogP contribution in [0.2, 0.25) is 0 Å². The first-order chi connectivity index (χ1) is 7.56. The summed E-state index contributed by atoms with van der Waals surface area (Å²) in [7, 11) is 0. The Hall–Kier alpha value is -1.15. The number of hydrogen-bond donors (Lipinski definition) is 1. The maximum absolute atomic E-state index is 11.9. The summed E-state index contributed by atoms with van der Waals surface area (Å²) in [6.45, 7) is 6.08. The lowest BCUT2D eigenvalue weighted by Gasteiger charge is -2.14. The molecular weight excluding hydrogens is 198 g/mol. The zero-order valence-electron chi connectivity index (χ0n) is 10.4. The molecule has 1 unspecified atom stereocenters. The van der Waals surface area contributed by atoms with Crippen molar-refractivity contribution in [2.24, 2.45) is 11.7 Å². The Morgan fingerprint density at radius 1 is 1.25 bits per heavy atom. The van der Waals surface area contributed by atoms with Crippen LogP contribution in [-0.2, 0) is 6.42 Å². The number of carbonyl (C=O) groups excluding carboxylic acids is 1. The average Bonchev–Trinajstić information content (AvgIpc) is 2.28. The molecule has 0 saturated carbocycles. The molecule has 1 rings (SSSR count). The first-order valence-electron chi connectivity index (χ1n) is 5.95. The van der Waals surface area contributed by atoms with E-state index in [-0.39, 0.29) is 11.7 Å². The van der Waals surface area contributed by atoms with Gasteiger partial charge in [0.15, 0.2) is 5.78 Å². The highest BCUT2D eigenvalue weighted by Crippen LogP contribution is 2.11. The molecule has 1 aromatic carbocycles. The number of carbonyl (C=O) groups is 1. The predicted molar refractivity (Wildman–Crippen MR) is 67.6 cm³/mol. The van der Waals surface area contributed by atoms with Gasteiger partial charge in [0, 0.05) is 5.56 Å². The number of nitrogens with two attached hydrogens (primary N) is 1. The normalized spacial score (nSPS) is 12.8. The molecule has 16 heavy (non-hydrogen) atoms. The molecule has 1 atom stereocenters. The van der Waals surface area contributed by atoms with Gasteiger partial charge in [-0.3, -0.25) is 4.79 Å². The second kappa shape index (κ2) is 5.80. The second-order valence-electron chi connectivity index (χ2n) is 4.58. The molecule has 0 spiro atoms. The van der Waals surface area contributed by atoms with Crippen LogP contribution in [0.15, 0.2) is 24.3 Å². The van der Waals surface area contributed by atoms with E-state index >= 15 is 0 Å². The largest absolute Gasteiger partial charge is 0.321 e. The molecule has 0 amide bonds. The van der Waals surface area contributed by atoms with Gasteiger partial charge in [0.1, 0.15) is 0 Å². The highest BCUT2D eigenvalue weighted by atomic mass is 16.1. The summed E-state index contributed by atoms with van der Waals surface area (Å²) in [6, 6.07) is 7.41. The summed E-state index contributed by atoms with van der Waals surface area (Å²) < 4.78 is 0. The van der Waals surface area contributed by atoms with Gasteiger partial charge in [0.2, 0.25) is 0 Å². The molecule has 0 radical (unpaired) electrons. The predicted octanol–water partition coefficient (Wildman–Crippen LogP) is 2.81. The van der Waals surface area contributed by atoms with Gasteiger partial charge in [-0.2, -0.15) is 0 Å². The van der Waals surface area contributed by atoms with E-state index in [1.807, 2.05) is 38.1 Å². The van der Waals surface area contributed by atoms with E-state index in [4.69, 9.17) is 5.73 Å². The first-order valence-corrected chi connectivity index (χ1v) is 5.95. The lowest BCUT2D eigenvalue weighted by Crippen LogP contribution is -2.35. The fraction of sp³-hybridized carbons (Fsp3) is 0.500. The lowest BCUT2D eigenvalue weighted by atomic mass is 9.95. The molecule has 0 fully saturated rings. The third kappa shape index (κ3) is 3.17. The van der Waals surface area contributed by atoms with Crippen LogP contribution >= 0.6 is 0 Å². The van der Waals surface area contributed by atoms with Crippen LogP contribution in [0.3, 0.4) is 0 Å². The van der Waals surface area contributed by atoms with E-state index in [1.54, 1.807) is 0 Å². The van der Waals surface area contributed by atoms with Crippen LogP contribution in [0.1, 0.15) is 43.1 Å². The van der Waals surface area contributed by atoms with E-state index in [0.29, 0.717) is 0 Å². The molecule has 1 aromatic rings. The molecule has 2 N–H and O–H groups in total. The monoisotopic (exact) mass is 219 g/mol. The van der Waals surface area contributed by atoms with Crippen molar-refractivity contribution in [2.75, 3.05) is 0 Å². The molecule has 2 nitrogen and oxygen atoms in total. The van der Waals surface area contributed by atoms with Gasteiger partial charge in [0.25, 0.3) is 0 Å². The Labute approximate surface area is 97.9 Å². The topological polar surface area (TPSA) is 43.1 Å². The van der Waals surface area contributed by atoms with Gasteiger partial charge in [0.05, 0.1) is 6.04 Å². The van der Waals surface area contributed by atoms with Crippen LogP contribution in [0, 0.1) is 5.92 Å². The van der Waals surface area contributed by atoms with Crippen molar-refractivity contribution in [1.29, 1.82) is 0 Å². The molecule has 0 heterocycles. The van der Waals surface area contributed by atoms with Crippen molar-refractivity contribution in [3.63, 3.8) is 0 Å². The third-order valence-corrected chi connectivity index (χ3v) is 2.80. The zero-order valence-corrected chi connectivity index (χ0v) is 10.4. The Balaban J connectivity index is 2.77. The Morgan fingerprint density at radius 3 is 2.25 bits per heavy atom. The molecule has 88 valence electrons. The maximum Gasteiger partial charge on any atom is 0.179 e. The van der Waals surface area contributed by atoms with E-state index in [2.05, 4.69) is 6.92 Å². The molecule has 0 aliphatic carbocycles. The fourth-order valence-electron chi connectivity index (χ4n) is 1.62. The third-order valence-electron chi connectivity index (χ3n) is 2.80. The number of aryl methyl sites for hydroxylation is 1. The summed E-state index contributed by atoms with van der Waals surface area (Å²) in [5.41, 5.74) is 7.84. The van der Waals surface area contributed by atoms with Gasteiger partial charge in [-0.15, -0.1) is 0 Å². The van der Waals surface area contributed by atoms with Gasteiger partial charge in [-0.05, 0) is 17.9 Å². The summed E-state index contributed by atoms with van der Waals surface area (Å²) in [6.07, 6.45) is 2.18. The van der Waals surface area contributed by atoms with E-state index in [0.717, 1.165) is 18.4 Å². The van der Waals surface area contributed by atoms with Crippen molar-refractivity contribution in [2.45, 2.75) is 39.7 Å². The number of hydrogen-bond acceptors (Lipinski definition) is 2. The lowest BCUT2D eigenvalue weighted by molar-refractivity contribution is 0.0940. The smallest absolute Gasteiger partial charge is 0.179 e. The van der Waals surface area contributed by atoms with Crippen LogP contribution in [-0.4, -0.2) is 11.8 Å². The van der Waals surface area contributed by atoms with E-state index in [1.165, 1.54) is 5.56 Å². The van der Waals surface area contributed by atoms with Gasteiger partial charge < -0.3 is 5.73 Å².